The summed E-state index contributed by atoms with van der Waals surface area (Å²) in [6.45, 7) is 4.82. The van der Waals surface area contributed by atoms with Gasteiger partial charge in [0, 0.05) is 13.1 Å². The Morgan fingerprint density at radius 3 is 2.60 bits per heavy atom. The van der Waals surface area contributed by atoms with Gasteiger partial charge >= 0.3 is 0 Å². The predicted molar refractivity (Wildman–Crippen MR) is 41.7 cm³/mol. The SMILES string of the molecule is NCCCN1CC2CC2C1. The van der Waals surface area contributed by atoms with Crippen LogP contribution in [-0.4, -0.2) is 31.1 Å². The lowest BCUT2D eigenvalue weighted by Crippen LogP contribution is -2.25. The zero-order chi connectivity index (χ0) is 6.97. The minimum Gasteiger partial charge on any atom is -0.330 e. The number of piperidine rings is 1. The molecular formula is C8H16N2. The molecule has 1 heterocycles. The van der Waals surface area contributed by atoms with Crippen LogP contribution in [-0.2, 0) is 0 Å². The van der Waals surface area contributed by atoms with Crippen LogP contribution in [0.3, 0.4) is 0 Å². The van der Waals surface area contributed by atoms with Crippen molar-refractivity contribution in [3.05, 3.63) is 0 Å². The van der Waals surface area contributed by atoms with Crippen molar-refractivity contribution in [1.29, 1.82) is 0 Å². The van der Waals surface area contributed by atoms with Gasteiger partial charge in [0.25, 0.3) is 0 Å². The van der Waals surface area contributed by atoms with E-state index in [-0.39, 0.29) is 0 Å². The first-order valence-corrected chi connectivity index (χ1v) is 4.32. The number of likely N-dealkylation sites (tertiary alicyclic amines) is 1. The van der Waals surface area contributed by atoms with Crippen LogP contribution in [0, 0.1) is 11.8 Å². The predicted octanol–water partition coefficient (Wildman–Crippen LogP) is 0.287. The Bertz CT molecular complexity index is 114. The maximum atomic E-state index is 5.43. The minimum absolute atomic E-state index is 0.853. The Hall–Kier alpha value is -0.0800. The molecule has 2 fully saturated rings. The second kappa shape index (κ2) is 2.51. The van der Waals surface area contributed by atoms with Crippen molar-refractivity contribution in [1.82, 2.24) is 4.90 Å². The van der Waals surface area contributed by atoms with Crippen molar-refractivity contribution in [2.24, 2.45) is 17.6 Å². The minimum atomic E-state index is 0.853. The van der Waals surface area contributed by atoms with Crippen LogP contribution in [0.25, 0.3) is 0 Å². The maximum absolute atomic E-state index is 5.43. The van der Waals surface area contributed by atoms with Crippen LogP contribution in [0.15, 0.2) is 0 Å². The van der Waals surface area contributed by atoms with Gasteiger partial charge in [0.2, 0.25) is 0 Å². The van der Waals surface area contributed by atoms with Crippen LogP contribution in [0.1, 0.15) is 12.8 Å². The average Bonchev–Trinajstić information content (AvgIpc) is 2.56. The smallest absolute Gasteiger partial charge is 0.00130 e. The van der Waals surface area contributed by atoms with Gasteiger partial charge in [0.1, 0.15) is 0 Å². The monoisotopic (exact) mass is 140 g/mol. The molecule has 2 atom stereocenters. The normalized spacial score (nSPS) is 38.1. The standard InChI is InChI=1S/C8H16N2/c9-2-1-3-10-5-7-4-8(7)6-10/h7-8H,1-6,9H2. The van der Waals surface area contributed by atoms with E-state index in [4.69, 9.17) is 5.73 Å². The van der Waals surface area contributed by atoms with Gasteiger partial charge in [0.15, 0.2) is 0 Å². The molecule has 2 aliphatic rings. The molecule has 0 radical (unpaired) electrons. The molecule has 10 heavy (non-hydrogen) atoms. The molecule has 1 aliphatic carbocycles. The lowest BCUT2D eigenvalue weighted by molar-refractivity contribution is 0.303. The van der Waals surface area contributed by atoms with Gasteiger partial charge in [-0.1, -0.05) is 0 Å². The molecule has 0 aromatic heterocycles. The largest absolute Gasteiger partial charge is 0.330 e. The fourth-order valence-electron chi connectivity index (χ4n) is 1.99. The van der Waals surface area contributed by atoms with Gasteiger partial charge in [0.05, 0.1) is 0 Å². The quantitative estimate of drug-likeness (QED) is 0.610. The molecule has 2 N–H and O–H groups in total. The Morgan fingerprint density at radius 1 is 1.30 bits per heavy atom. The molecule has 2 rings (SSSR count). The van der Waals surface area contributed by atoms with Crippen LogP contribution in [0.4, 0.5) is 0 Å². The molecule has 0 bridgehead atoms. The Kier molecular flexibility index (Phi) is 1.66. The van der Waals surface area contributed by atoms with Gasteiger partial charge in [-0.25, -0.2) is 0 Å². The lowest BCUT2D eigenvalue weighted by Gasteiger charge is -2.15. The number of hydrogen-bond acceptors (Lipinski definition) is 2. The van der Waals surface area contributed by atoms with Gasteiger partial charge < -0.3 is 10.6 Å². The first-order valence-electron chi connectivity index (χ1n) is 4.32. The Morgan fingerprint density at radius 2 is 2.00 bits per heavy atom. The molecular weight excluding hydrogens is 124 g/mol. The molecule has 1 saturated carbocycles. The van der Waals surface area contributed by atoms with Crippen molar-refractivity contribution in [3.8, 4) is 0 Å². The summed E-state index contributed by atoms with van der Waals surface area (Å²) in [7, 11) is 0. The second-order valence-corrected chi connectivity index (χ2v) is 3.66. The summed E-state index contributed by atoms with van der Waals surface area (Å²) in [4.78, 5) is 2.56. The first kappa shape index (κ1) is 6.62. The van der Waals surface area contributed by atoms with Gasteiger partial charge in [-0.15, -0.1) is 0 Å². The highest BCUT2D eigenvalue weighted by molar-refractivity contribution is 4.96. The highest BCUT2D eigenvalue weighted by atomic mass is 15.2. The van der Waals surface area contributed by atoms with E-state index in [1.165, 1.54) is 32.5 Å². The highest BCUT2D eigenvalue weighted by Gasteiger charge is 2.44. The molecule has 58 valence electrons. The topological polar surface area (TPSA) is 29.3 Å². The average molecular weight is 140 g/mol. The number of nitrogens with two attached hydrogens (primary N) is 1. The number of nitrogens with zero attached hydrogens (tertiary/aromatic N) is 1. The zero-order valence-corrected chi connectivity index (χ0v) is 6.42. The summed E-state index contributed by atoms with van der Waals surface area (Å²) in [5.41, 5.74) is 5.43. The van der Waals surface area contributed by atoms with Crippen LogP contribution < -0.4 is 5.73 Å². The number of fused-ring (bicyclic) bond motifs is 1. The third kappa shape index (κ3) is 1.18. The van der Waals surface area contributed by atoms with E-state index in [2.05, 4.69) is 4.90 Å². The van der Waals surface area contributed by atoms with Gasteiger partial charge in [-0.3, -0.25) is 0 Å². The fourth-order valence-corrected chi connectivity index (χ4v) is 1.99. The van der Waals surface area contributed by atoms with E-state index in [9.17, 15) is 0 Å². The Labute approximate surface area is 62.4 Å². The van der Waals surface area contributed by atoms with E-state index >= 15 is 0 Å². The first-order chi connectivity index (χ1) is 4.90. The second-order valence-electron chi connectivity index (χ2n) is 3.66. The van der Waals surface area contributed by atoms with Crippen molar-refractivity contribution in [2.75, 3.05) is 26.2 Å². The van der Waals surface area contributed by atoms with Crippen molar-refractivity contribution >= 4 is 0 Å². The third-order valence-electron chi connectivity index (χ3n) is 2.73. The van der Waals surface area contributed by atoms with Crippen molar-refractivity contribution in [2.45, 2.75) is 12.8 Å². The zero-order valence-electron chi connectivity index (χ0n) is 6.42. The third-order valence-corrected chi connectivity index (χ3v) is 2.73. The summed E-state index contributed by atoms with van der Waals surface area (Å²) in [5.74, 6) is 2.16. The molecule has 0 spiro atoms. The van der Waals surface area contributed by atoms with E-state index in [1.807, 2.05) is 0 Å². The summed E-state index contributed by atoms with van der Waals surface area (Å²) < 4.78 is 0. The van der Waals surface area contributed by atoms with Gasteiger partial charge in [-0.2, -0.15) is 0 Å². The van der Waals surface area contributed by atoms with Crippen LogP contribution in [0.5, 0.6) is 0 Å². The molecule has 2 nitrogen and oxygen atoms in total. The van der Waals surface area contributed by atoms with E-state index in [1.54, 1.807) is 0 Å². The van der Waals surface area contributed by atoms with Crippen molar-refractivity contribution in [3.63, 3.8) is 0 Å². The van der Waals surface area contributed by atoms with E-state index in [0.29, 0.717) is 0 Å². The number of rotatable bonds is 3. The van der Waals surface area contributed by atoms with E-state index in [0.717, 1.165) is 18.4 Å². The summed E-state index contributed by atoms with van der Waals surface area (Å²) >= 11 is 0. The summed E-state index contributed by atoms with van der Waals surface area (Å²) in [6.07, 6.45) is 2.69. The number of hydrogen-bond donors (Lipinski definition) is 1. The molecule has 1 saturated heterocycles. The molecule has 0 aromatic carbocycles. The molecule has 0 aromatic rings. The van der Waals surface area contributed by atoms with E-state index < -0.39 is 0 Å². The molecule has 2 unspecified atom stereocenters. The van der Waals surface area contributed by atoms with Crippen LogP contribution in [0.2, 0.25) is 0 Å². The Balaban J connectivity index is 1.66. The highest BCUT2D eigenvalue weighted by Crippen LogP contribution is 2.44. The molecule has 1 aliphatic heterocycles. The fraction of sp³-hybridized carbons (Fsp3) is 1.00. The van der Waals surface area contributed by atoms with Gasteiger partial charge in [-0.05, 0) is 37.8 Å². The maximum Gasteiger partial charge on any atom is 0.00130 e. The molecule has 2 heteroatoms. The summed E-state index contributed by atoms with van der Waals surface area (Å²) in [5, 5.41) is 0. The lowest BCUT2D eigenvalue weighted by atomic mass is 10.3. The van der Waals surface area contributed by atoms with Crippen LogP contribution >= 0.6 is 0 Å². The summed E-state index contributed by atoms with van der Waals surface area (Å²) in [6, 6.07) is 0. The van der Waals surface area contributed by atoms with Crippen molar-refractivity contribution < 1.29 is 0 Å². The molecule has 0 amide bonds.